The number of H-pyrrole nitrogens is 1. The van der Waals surface area contributed by atoms with Crippen LogP contribution in [0, 0.1) is 5.92 Å². The van der Waals surface area contributed by atoms with E-state index >= 15 is 0 Å². The molecule has 1 fully saturated rings. The van der Waals surface area contributed by atoms with Crippen LogP contribution in [0.2, 0.25) is 0 Å². The van der Waals surface area contributed by atoms with Crippen LogP contribution in [0.1, 0.15) is 32.1 Å². The maximum Gasteiger partial charge on any atom is 0.336 e. The van der Waals surface area contributed by atoms with Crippen LogP contribution >= 0.6 is 0 Å². The van der Waals surface area contributed by atoms with Gasteiger partial charge in [0.2, 0.25) is 0 Å². The van der Waals surface area contributed by atoms with Crippen molar-refractivity contribution in [2.24, 2.45) is 5.92 Å². The molecule has 0 bridgehead atoms. The van der Waals surface area contributed by atoms with Gasteiger partial charge in [-0.3, -0.25) is 4.57 Å². The first-order valence-corrected chi connectivity index (χ1v) is 9.70. The summed E-state index contributed by atoms with van der Waals surface area (Å²) in [6, 6.07) is 7.69. The summed E-state index contributed by atoms with van der Waals surface area (Å²) in [5.74, 6) is 0.522. The summed E-state index contributed by atoms with van der Waals surface area (Å²) >= 11 is 0. The molecule has 3 heterocycles. The molecule has 1 N–H and O–H groups in total. The average Bonchev–Trinajstić information content (AvgIpc) is 3.37. The highest BCUT2D eigenvalue weighted by molar-refractivity contribution is 5.70. The van der Waals surface area contributed by atoms with Crippen molar-refractivity contribution in [3.8, 4) is 16.9 Å². The molecular formula is C20H21N7O. The van der Waals surface area contributed by atoms with Crippen molar-refractivity contribution in [3.63, 3.8) is 0 Å². The Bertz CT molecular complexity index is 1150. The lowest BCUT2D eigenvalue weighted by Gasteiger charge is -2.21. The number of hydrogen-bond acceptors (Lipinski definition) is 5. The average molecular weight is 375 g/mol. The topological polar surface area (TPSA) is 94.3 Å². The smallest absolute Gasteiger partial charge is 0.274 e. The predicted molar refractivity (Wildman–Crippen MR) is 105 cm³/mol. The highest BCUT2D eigenvalue weighted by Crippen LogP contribution is 2.26. The van der Waals surface area contributed by atoms with Gasteiger partial charge in [-0.2, -0.15) is 15.4 Å². The maximum atomic E-state index is 13.4. The molecule has 8 heteroatoms. The number of benzene rings is 1. The predicted octanol–water partition coefficient (Wildman–Crippen LogP) is 2.95. The molecule has 0 atom stereocenters. The van der Waals surface area contributed by atoms with Crippen LogP contribution in [0.15, 0.2) is 47.7 Å². The Labute approximate surface area is 161 Å². The first-order valence-electron chi connectivity index (χ1n) is 9.70. The molecule has 0 amide bonds. The van der Waals surface area contributed by atoms with Gasteiger partial charge in [0.25, 0.3) is 0 Å². The molecule has 142 valence electrons. The van der Waals surface area contributed by atoms with Crippen molar-refractivity contribution >= 4 is 11.3 Å². The summed E-state index contributed by atoms with van der Waals surface area (Å²) in [6.45, 7) is 0.698. The molecule has 0 radical (unpaired) electrons. The molecule has 0 unspecified atom stereocenters. The van der Waals surface area contributed by atoms with Crippen LogP contribution in [0.5, 0.6) is 0 Å². The quantitative estimate of drug-likeness (QED) is 0.592. The number of rotatable bonds is 4. The normalized spacial score (nSPS) is 15.3. The Morgan fingerprint density at radius 3 is 2.68 bits per heavy atom. The zero-order chi connectivity index (χ0) is 18.9. The summed E-state index contributed by atoms with van der Waals surface area (Å²) in [4.78, 5) is 22.3. The number of nitrogens with zero attached hydrogens (tertiary/aromatic N) is 6. The van der Waals surface area contributed by atoms with Gasteiger partial charge in [-0.15, -0.1) is 0 Å². The largest absolute Gasteiger partial charge is 0.336 e. The number of imidazole rings is 1. The Hall–Kier alpha value is -3.29. The van der Waals surface area contributed by atoms with Gasteiger partial charge in [-0.05, 0) is 30.9 Å². The lowest BCUT2D eigenvalue weighted by Crippen LogP contribution is -2.27. The molecule has 28 heavy (non-hydrogen) atoms. The monoisotopic (exact) mass is 375 g/mol. The molecule has 0 aliphatic heterocycles. The third-order valence-electron chi connectivity index (χ3n) is 5.53. The van der Waals surface area contributed by atoms with Gasteiger partial charge in [0.1, 0.15) is 5.69 Å². The number of hydrogen-bond donors (Lipinski definition) is 1. The molecular weight excluding hydrogens is 354 g/mol. The van der Waals surface area contributed by atoms with E-state index < -0.39 is 0 Å². The first kappa shape index (κ1) is 16.9. The van der Waals surface area contributed by atoms with Gasteiger partial charge in [-0.1, -0.05) is 31.4 Å². The zero-order valence-corrected chi connectivity index (χ0v) is 15.5. The second-order valence-electron chi connectivity index (χ2n) is 7.34. The van der Waals surface area contributed by atoms with E-state index in [0.29, 0.717) is 23.8 Å². The maximum absolute atomic E-state index is 13.4. The van der Waals surface area contributed by atoms with Crippen molar-refractivity contribution < 1.29 is 0 Å². The summed E-state index contributed by atoms with van der Waals surface area (Å²) in [5.41, 5.74) is 3.50. The van der Waals surface area contributed by atoms with Crippen LogP contribution in [0.25, 0.3) is 28.2 Å². The fourth-order valence-corrected chi connectivity index (χ4v) is 4.14. The second kappa shape index (κ2) is 7.03. The van der Waals surface area contributed by atoms with Crippen LogP contribution in [-0.4, -0.2) is 34.5 Å². The Kier molecular flexibility index (Phi) is 4.23. The van der Waals surface area contributed by atoms with Gasteiger partial charge in [0.05, 0.1) is 11.9 Å². The van der Waals surface area contributed by atoms with Gasteiger partial charge >= 0.3 is 5.69 Å². The Balaban J connectivity index is 1.63. The Morgan fingerprint density at radius 2 is 1.89 bits per heavy atom. The molecule has 1 aromatic carbocycles. The van der Waals surface area contributed by atoms with E-state index in [1.807, 2.05) is 24.3 Å². The number of nitrogens with one attached hydrogen (secondary N) is 1. The number of aromatic amines is 1. The summed E-state index contributed by atoms with van der Waals surface area (Å²) in [6.07, 6.45) is 11.0. The molecule has 0 saturated heterocycles. The van der Waals surface area contributed by atoms with E-state index in [2.05, 4.69) is 25.4 Å². The standard InChI is InChI=1S/C20H21N7O/c28-20-26(13-14-5-2-1-3-6-14)18-19(22-10-9-21-18)27(20)16-8-4-7-15(11-16)17-12-23-25-24-17/h4,7-12,14H,1-3,5-6,13H2,(H,23,24,25). The molecule has 5 rings (SSSR count). The molecule has 1 aliphatic rings. The lowest BCUT2D eigenvalue weighted by molar-refractivity contribution is 0.318. The Morgan fingerprint density at radius 1 is 1.07 bits per heavy atom. The fraction of sp³-hybridized carbons (Fsp3) is 0.350. The molecule has 0 spiro atoms. The SMILES string of the molecule is O=c1n(CC2CCCCC2)c2nccnc2n1-c1cccc(-c2cn[nH]n2)c1. The molecule has 4 aromatic rings. The van der Waals surface area contributed by atoms with E-state index in [0.717, 1.165) is 16.9 Å². The molecule has 1 aliphatic carbocycles. The van der Waals surface area contributed by atoms with Crippen molar-refractivity contribution in [1.29, 1.82) is 0 Å². The van der Waals surface area contributed by atoms with Crippen molar-refractivity contribution in [2.75, 3.05) is 0 Å². The third kappa shape index (κ3) is 2.90. The molecule has 8 nitrogen and oxygen atoms in total. The lowest BCUT2D eigenvalue weighted by atomic mass is 9.89. The number of fused-ring (bicyclic) bond motifs is 1. The van der Waals surface area contributed by atoms with Crippen molar-refractivity contribution in [1.82, 2.24) is 34.5 Å². The van der Waals surface area contributed by atoms with Crippen LogP contribution in [0.3, 0.4) is 0 Å². The summed E-state index contributed by atoms with van der Waals surface area (Å²) in [5, 5.41) is 10.6. The van der Waals surface area contributed by atoms with E-state index in [-0.39, 0.29) is 5.69 Å². The minimum atomic E-state index is -0.0934. The second-order valence-corrected chi connectivity index (χ2v) is 7.34. The van der Waals surface area contributed by atoms with E-state index in [1.54, 1.807) is 27.7 Å². The summed E-state index contributed by atoms with van der Waals surface area (Å²) in [7, 11) is 0. The van der Waals surface area contributed by atoms with Crippen LogP contribution in [-0.2, 0) is 6.54 Å². The zero-order valence-electron chi connectivity index (χ0n) is 15.5. The van der Waals surface area contributed by atoms with Crippen molar-refractivity contribution in [3.05, 3.63) is 53.3 Å². The highest BCUT2D eigenvalue weighted by Gasteiger charge is 2.21. The third-order valence-corrected chi connectivity index (χ3v) is 5.53. The molecule has 3 aromatic heterocycles. The van der Waals surface area contributed by atoms with Crippen LogP contribution in [0.4, 0.5) is 0 Å². The van der Waals surface area contributed by atoms with E-state index in [1.165, 1.54) is 32.1 Å². The number of aromatic nitrogens is 7. The van der Waals surface area contributed by atoms with Gasteiger partial charge in [0.15, 0.2) is 11.3 Å². The highest BCUT2D eigenvalue weighted by atomic mass is 16.1. The minimum absolute atomic E-state index is 0.0934. The van der Waals surface area contributed by atoms with Crippen LogP contribution < -0.4 is 5.69 Å². The molecule has 1 saturated carbocycles. The van der Waals surface area contributed by atoms with E-state index in [9.17, 15) is 4.79 Å². The van der Waals surface area contributed by atoms with Gasteiger partial charge < -0.3 is 0 Å². The summed E-state index contributed by atoms with van der Waals surface area (Å²) < 4.78 is 3.44. The van der Waals surface area contributed by atoms with Gasteiger partial charge in [0, 0.05) is 24.5 Å². The minimum Gasteiger partial charge on any atom is -0.274 e. The van der Waals surface area contributed by atoms with Gasteiger partial charge in [-0.25, -0.2) is 19.3 Å². The first-order chi connectivity index (χ1) is 13.8. The van der Waals surface area contributed by atoms with Crippen molar-refractivity contribution in [2.45, 2.75) is 38.6 Å². The van der Waals surface area contributed by atoms with E-state index in [4.69, 9.17) is 0 Å². The fourth-order valence-electron chi connectivity index (χ4n) is 4.14.